The number of carbonyl (C=O) groups is 1. The molecule has 0 unspecified atom stereocenters. The van der Waals surface area contributed by atoms with Crippen LogP contribution in [0, 0.1) is 0 Å². The molecule has 3 aromatic rings. The minimum Gasteiger partial charge on any atom is -0.465 e. The summed E-state index contributed by atoms with van der Waals surface area (Å²) >= 11 is 11.9. The van der Waals surface area contributed by atoms with E-state index in [-0.39, 0.29) is 0 Å². The Hall–Kier alpha value is -2.04. The van der Waals surface area contributed by atoms with Crippen molar-refractivity contribution in [2.24, 2.45) is 0 Å². The zero-order chi connectivity index (χ0) is 15.0. The maximum absolute atomic E-state index is 11.8. The smallest absolute Gasteiger partial charge is 0.340 e. The van der Waals surface area contributed by atoms with Crippen molar-refractivity contribution in [3.63, 3.8) is 0 Å². The molecule has 106 valence electrons. The number of fused-ring (bicyclic) bond motifs is 1. The summed E-state index contributed by atoms with van der Waals surface area (Å²) in [7, 11) is 1.34. The minimum atomic E-state index is -0.423. The molecular formula is C15H10Cl2N2O2. The molecule has 6 heteroatoms. The second kappa shape index (κ2) is 5.39. The van der Waals surface area contributed by atoms with E-state index in [1.54, 1.807) is 24.3 Å². The maximum atomic E-state index is 11.8. The molecule has 1 aromatic heterocycles. The quantitative estimate of drug-likeness (QED) is 0.715. The van der Waals surface area contributed by atoms with Gasteiger partial charge in [-0.25, -0.2) is 9.78 Å². The van der Waals surface area contributed by atoms with Crippen LogP contribution in [0.25, 0.3) is 22.4 Å². The van der Waals surface area contributed by atoms with Crippen molar-refractivity contribution in [3.8, 4) is 11.4 Å². The number of nitrogens with zero attached hydrogens (tertiary/aromatic N) is 1. The molecule has 0 aliphatic heterocycles. The number of halogens is 2. The van der Waals surface area contributed by atoms with Crippen molar-refractivity contribution in [2.45, 2.75) is 0 Å². The first-order valence-electron chi connectivity index (χ1n) is 6.12. The van der Waals surface area contributed by atoms with Gasteiger partial charge in [-0.1, -0.05) is 29.3 Å². The van der Waals surface area contributed by atoms with E-state index >= 15 is 0 Å². The molecular weight excluding hydrogens is 311 g/mol. The van der Waals surface area contributed by atoms with Gasteiger partial charge >= 0.3 is 5.97 Å². The van der Waals surface area contributed by atoms with Gasteiger partial charge in [0.05, 0.1) is 28.2 Å². The zero-order valence-corrected chi connectivity index (χ0v) is 12.5. The standard InChI is InChI=1S/C15H10Cl2N2O2/c1-21-15(20)9-3-2-4-12-13(9)19-14(18-12)8-5-6-10(16)11(17)7-8/h2-7H,1H3,(H,18,19). The van der Waals surface area contributed by atoms with Crippen LogP contribution in [0.3, 0.4) is 0 Å². The Bertz CT molecular complexity index is 843. The maximum Gasteiger partial charge on any atom is 0.340 e. The number of rotatable bonds is 2. The van der Waals surface area contributed by atoms with Gasteiger partial charge in [-0.2, -0.15) is 0 Å². The molecule has 3 rings (SSSR count). The summed E-state index contributed by atoms with van der Waals surface area (Å²) in [5.41, 5.74) is 2.51. The van der Waals surface area contributed by atoms with Crippen LogP contribution in [-0.4, -0.2) is 23.0 Å². The lowest BCUT2D eigenvalue weighted by atomic mass is 10.2. The van der Waals surface area contributed by atoms with Crippen LogP contribution >= 0.6 is 23.2 Å². The average Bonchev–Trinajstić information content (AvgIpc) is 2.93. The van der Waals surface area contributed by atoms with E-state index in [0.29, 0.717) is 26.9 Å². The Labute approximate surface area is 130 Å². The fraction of sp³-hybridized carbons (Fsp3) is 0.0667. The Kier molecular flexibility index (Phi) is 3.57. The monoisotopic (exact) mass is 320 g/mol. The third-order valence-corrected chi connectivity index (χ3v) is 3.85. The predicted octanol–water partition coefficient (Wildman–Crippen LogP) is 4.32. The van der Waals surface area contributed by atoms with Crippen molar-refractivity contribution in [1.82, 2.24) is 9.97 Å². The first-order valence-corrected chi connectivity index (χ1v) is 6.88. The van der Waals surface area contributed by atoms with E-state index in [9.17, 15) is 4.79 Å². The van der Waals surface area contributed by atoms with Gasteiger partial charge in [0.25, 0.3) is 0 Å². The highest BCUT2D eigenvalue weighted by molar-refractivity contribution is 6.42. The van der Waals surface area contributed by atoms with E-state index in [4.69, 9.17) is 27.9 Å². The summed E-state index contributed by atoms with van der Waals surface area (Å²) in [6.45, 7) is 0. The number of hydrogen-bond donors (Lipinski definition) is 1. The summed E-state index contributed by atoms with van der Waals surface area (Å²) in [6, 6.07) is 10.5. The van der Waals surface area contributed by atoms with Gasteiger partial charge in [0.2, 0.25) is 0 Å². The number of carbonyl (C=O) groups excluding carboxylic acids is 1. The molecule has 0 spiro atoms. The number of esters is 1. The van der Waals surface area contributed by atoms with E-state index in [1.807, 2.05) is 12.1 Å². The van der Waals surface area contributed by atoms with Crippen molar-refractivity contribution < 1.29 is 9.53 Å². The molecule has 0 saturated heterocycles. The number of imidazole rings is 1. The van der Waals surface area contributed by atoms with Gasteiger partial charge in [-0.3, -0.25) is 0 Å². The molecule has 21 heavy (non-hydrogen) atoms. The molecule has 1 heterocycles. The van der Waals surface area contributed by atoms with Crippen LogP contribution in [0.1, 0.15) is 10.4 Å². The van der Waals surface area contributed by atoms with E-state index in [0.717, 1.165) is 11.1 Å². The summed E-state index contributed by atoms with van der Waals surface area (Å²) in [5, 5.41) is 0.926. The molecule has 0 fully saturated rings. The van der Waals surface area contributed by atoms with Crippen molar-refractivity contribution >= 4 is 40.2 Å². The minimum absolute atomic E-state index is 0.414. The van der Waals surface area contributed by atoms with Gasteiger partial charge in [0.1, 0.15) is 11.3 Å². The van der Waals surface area contributed by atoms with E-state index < -0.39 is 5.97 Å². The van der Waals surface area contributed by atoms with E-state index in [1.165, 1.54) is 7.11 Å². The highest BCUT2D eigenvalue weighted by Gasteiger charge is 2.15. The fourth-order valence-electron chi connectivity index (χ4n) is 2.09. The molecule has 4 nitrogen and oxygen atoms in total. The molecule has 0 saturated carbocycles. The molecule has 2 aromatic carbocycles. The number of ether oxygens (including phenoxy) is 1. The normalized spacial score (nSPS) is 10.8. The number of aromatic amines is 1. The molecule has 0 atom stereocenters. The number of para-hydroxylation sites is 1. The molecule has 1 N–H and O–H groups in total. The summed E-state index contributed by atoms with van der Waals surface area (Å²) in [4.78, 5) is 19.4. The number of benzene rings is 2. The highest BCUT2D eigenvalue weighted by Crippen LogP contribution is 2.29. The number of aromatic nitrogens is 2. The van der Waals surface area contributed by atoms with Crippen LogP contribution < -0.4 is 0 Å². The van der Waals surface area contributed by atoms with Crippen molar-refractivity contribution in [2.75, 3.05) is 7.11 Å². The number of H-pyrrole nitrogens is 1. The third-order valence-electron chi connectivity index (χ3n) is 3.11. The van der Waals surface area contributed by atoms with Crippen molar-refractivity contribution in [1.29, 1.82) is 0 Å². The van der Waals surface area contributed by atoms with Crippen LogP contribution in [0.2, 0.25) is 10.0 Å². The lowest BCUT2D eigenvalue weighted by Crippen LogP contribution is -2.01. The highest BCUT2D eigenvalue weighted by atomic mass is 35.5. The largest absolute Gasteiger partial charge is 0.465 e. The SMILES string of the molecule is COC(=O)c1cccc2[nH]c(-c3ccc(Cl)c(Cl)c3)nc12. The zero-order valence-electron chi connectivity index (χ0n) is 11.0. The van der Waals surface area contributed by atoms with E-state index in [2.05, 4.69) is 9.97 Å². The summed E-state index contributed by atoms with van der Waals surface area (Å²) in [5.74, 6) is 0.188. The average molecular weight is 321 g/mol. The van der Waals surface area contributed by atoms with Gasteiger partial charge in [0.15, 0.2) is 0 Å². The lowest BCUT2D eigenvalue weighted by Gasteiger charge is -1.99. The van der Waals surface area contributed by atoms with Gasteiger partial charge in [-0.15, -0.1) is 0 Å². The van der Waals surface area contributed by atoms with Gasteiger partial charge in [-0.05, 0) is 30.3 Å². The molecule has 0 aliphatic rings. The van der Waals surface area contributed by atoms with Gasteiger partial charge < -0.3 is 9.72 Å². The first-order chi connectivity index (χ1) is 10.1. The first kappa shape index (κ1) is 13.9. The Morgan fingerprint density at radius 3 is 2.71 bits per heavy atom. The van der Waals surface area contributed by atoms with Crippen LogP contribution in [0.4, 0.5) is 0 Å². The number of hydrogen-bond acceptors (Lipinski definition) is 3. The lowest BCUT2D eigenvalue weighted by molar-refractivity contribution is 0.0603. The van der Waals surface area contributed by atoms with Crippen LogP contribution in [-0.2, 0) is 4.74 Å². The van der Waals surface area contributed by atoms with Crippen LogP contribution in [0.5, 0.6) is 0 Å². The second-order valence-electron chi connectivity index (χ2n) is 4.41. The Balaban J connectivity index is 2.17. The van der Waals surface area contributed by atoms with Crippen molar-refractivity contribution in [3.05, 3.63) is 52.0 Å². The third kappa shape index (κ3) is 2.48. The molecule has 0 bridgehead atoms. The number of nitrogens with one attached hydrogen (secondary N) is 1. The van der Waals surface area contributed by atoms with Crippen LogP contribution in [0.15, 0.2) is 36.4 Å². The Morgan fingerprint density at radius 1 is 1.19 bits per heavy atom. The second-order valence-corrected chi connectivity index (χ2v) is 5.22. The topological polar surface area (TPSA) is 55.0 Å². The Morgan fingerprint density at radius 2 is 2.00 bits per heavy atom. The molecule has 0 aliphatic carbocycles. The number of methoxy groups -OCH3 is 1. The summed E-state index contributed by atoms with van der Waals surface area (Å²) in [6.07, 6.45) is 0. The predicted molar refractivity (Wildman–Crippen MR) is 82.9 cm³/mol. The van der Waals surface area contributed by atoms with Gasteiger partial charge in [0, 0.05) is 5.56 Å². The fourth-order valence-corrected chi connectivity index (χ4v) is 2.39. The molecule has 0 radical (unpaired) electrons. The summed E-state index contributed by atoms with van der Waals surface area (Å²) < 4.78 is 4.76. The molecule has 0 amide bonds.